The molecule has 2 atom stereocenters. The van der Waals surface area contributed by atoms with Crippen molar-refractivity contribution in [1.29, 1.82) is 0 Å². The number of hydrogen-bond acceptors (Lipinski definition) is 5. The molecule has 0 saturated carbocycles. The van der Waals surface area contributed by atoms with Crippen LogP contribution in [-0.4, -0.2) is 32.3 Å². The maximum absolute atomic E-state index is 12.9. The Balaban J connectivity index is 1.65. The van der Waals surface area contributed by atoms with Crippen LogP contribution in [0.25, 0.3) is 0 Å². The van der Waals surface area contributed by atoms with Crippen molar-refractivity contribution < 1.29 is 18.8 Å². The lowest BCUT2D eigenvalue weighted by Gasteiger charge is -2.39. The van der Waals surface area contributed by atoms with Gasteiger partial charge in [-0.25, -0.2) is 4.79 Å². The van der Waals surface area contributed by atoms with Gasteiger partial charge in [-0.2, -0.15) is 0 Å². The van der Waals surface area contributed by atoms with Gasteiger partial charge in [-0.05, 0) is 93.9 Å². The predicted molar refractivity (Wildman–Crippen MR) is 170 cm³/mol. The first kappa shape index (κ1) is 32.6. The van der Waals surface area contributed by atoms with Crippen molar-refractivity contribution in [1.82, 2.24) is 0 Å². The minimum absolute atomic E-state index is 0.0973. The summed E-state index contributed by atoms with van der Waals surface area (Å²) in [4.78, 5) is 29.0. The van der Waals surface area contributed by atoms with Crippen LogP contribution in [-0.2, 0) is 20.4 Å². The summed E-state index contributed by atoms with van der Waals surface area (Å²) in [6, 6.07) is 12.7. The summed E-state index contributed by atoms with van der Waals surface area (Å²) in [5, 5.41) is 0.160. The minimum Gasteiger partial charge on any atom is -0.459 e. The molecule has 0 unspecified atom stereocenters. The Hall–Kier alpha value is -1.96. The summed E-state index contributed by atoms with van der Waals surface area (Å²) in [5.74, 6) is -0.0332. The number of unbranched alkanes of at least 4 members (excludes halogenated alkanes) is 2. The van der Waals surface area contributed by atoms with Crippen molar-refractivity contribution in [3.63, 3.8) is 0 Å². The molecule has 2 aromatic rings. The normalized spacial score (nSPS) is 17.1. The van der Waals surface area contributed by atoms with Crippen molar-refractivity contribution in [2.24, 2.45) is 0 Å². The second-order valence-electron chi connectivity index (χ2n) is 13.0. The molecule has 2 heterocycles. The fraction of sp³-hybridized carbons (Fsp3) is 0.636. The maximum Gasteiger partial charge on any atom is 0.348 e. The average molecular weight is 586 g/mol. The summed E-state index contributed by atoms with van der Waals surface area (Å²) >= 11 is 1.52. The Bertz CT molecular complexity index is 1100. The van der Waals surface area contributed by atoms with Crippen molar-refractivity contribution in [3.05, 3.63) is 51.7 Å². The molecule has 0 N–H and O–H groups in total. The molecule has 0 aliphatic carbocycles. The van der Waals surface area contributed by atoms with Crippen LogP contribution in [0, 0.1) is 0 Å². The monoisotopic (exact) mass is 585 g/mol. The smallest absolute Gasteiger partial charge is 0.348 e. The van der Waals surface area contributed by atoms with Gasteiger partial charge in [0.1, 0.15) is 4.88 Å². The van der Waals surface area contributed by atoms with Crippen molar-refractivity contribution in [2.75, 3.05) is 4.90 Å². The van der Waals surface area contributed by atoms with Crippen LogP contribution in [0.2, 0.25) is 18.1 Å². The molecule has 0 bridgehead atoms. The molecule has 1 aliphatic heterocycles. The van der Waals surface area contributed by atoms with Gasteiger partial charge >= 0.3 is 5.97 Å². The number of benzene rings is 1. The Morgan fingerprint density at radius 2 is 1.77 bits per heavy atom. The summed E-state index contributed by atoms with van der Waals surface area (Å²) in [7, 11) is -1.92. The lowest BCUT2D eigenvalue weighted by atomic mass is 10.0. The van der Waals surface area contributed by atoms with Gasteiger partial charge in [0.05, 0.1) is 12.2 Å². The van der Waals surface area contributed by atoms with E-state index >= 15 is 0 Å². The summed E-state index contributed by atoms with van der Waals surface area (Å²) in [5.41, 5.74) is 2.21. The highest BCUT2D eigenvalue weighted by molar-refractivity contribution is 7.13. The summed E-state index contributed by atoms with van der Waals surface area (Å²) in [6.07, 6.45) is 8.92. The van der Waals surface area contributed by atoms with Gasteiger partial charge in [0.15, 0.2) is 8.32 Å². The first-order chi connectivity index (χ1) is 18.8. The minimum atomic E-state index is -1.92. The molecular weight excluding hydrogens is 535 g/mol. The number of nitrogens with zero attached hydrogens (tertiary/aromatic N) is 1. The van der Waals surface area contributed by atoms with Gasteiger partial charge in [0.2, 0.25) is 5.91 Å². The zero-order valence-corrected chi connectivity index (χ0v) is 27.9. The van der Waals surface area contributed by atoms with Gasteiger partial charge in [-0.1, -0.05) is 59.1 Å². The van der Waals surface area contributed by atoms with Gasteiger partial charge in [-0.3, -0.25) is 4.79 Å². The molecule has 1 saturated heterocycles. The standard InChI is InChI=1S/C33H51NO4SSi/c1-9-10-11-15-29(38-40(7,8)33(4,5)6)25-16-18-27(19-17-25)34-26(20-23-31(34)35)13-12-14-28-21-22-30(39-28)32(36)37-24(2)3/h16-19,21-22,24,26,29H,9-15,20,23H2,1-8H3/t26-,29-/m0/s1. The molecule has 1 aromatic carbocycles. The zero-order chi connectivity index (χ0) is 29.5. The molecule has 1 amide bonds. The summed E-state index contributed by atoms with van der Waals surface area (Å²) < 4.78 is 12.2. The Kier molecular flexibility index (Phi) is 11.6. The molecule has 0 radical (unpaired) electrons. The van der Waals surface area contributed by atoms with Crippen LogP contribution in [0.1, 0.15) is 119 Å². The van der Waals surface area contributed by atoms with E-state index in [4.69, 9.17) is 9.16 Å². The number of amides is 1. The van der Waals surface area contributed by atoms with Crippen LogP contribution >= 0.6 is 11.3 Å². The lowest BCUT2D eigenvalue weighted by Crippen LogP contribution is -2.41. The molecule has 1 aromatic heterocycles. The van der Waals surface area contributed by atoms with E-state index in [9.17, 15) is 9.59 Å². The van der Waals surface area contributed by atoms with E-state index in [1.165, 1.54) is 34.6 Å². The molecule has 5 nitrogen and oxygen atoms in total. The maximum atomic E-state index is 12.9. The van der Waals surface area contributed by atoms with E-state index in [0.717, 1.165) is 44.2 Å². The van der Waals surface area contributed by atoms with E-state index in [1.54, 1.807) is 0 Å². The molecule has 3 rings (SSSR count). The van der Waals surface area contributed by atoms with E-state index < -0.39 is 8.32 Å². The second-order valence-corrected chi connectivity index (χ2v) is 18.9. The van der Waals surface area contributed by atoms with Crippen LogP contribution in [0.4, 0.5) is 5.69 Å². The van der Waals surface area contributed by atoms with Gasteiger partial charge < -0.3 is 14.1 Å². The SMILES string of the molecule is CCCCC[C@H](O[Si](C)(C)C(C)(C)C)c1ccc(N2C(=O)CC[C@@H]2CCCc2ccc(C(=O)OC(C)C)s2)cc1. The average Bonchev–Trinajstić information content (AvgIpc) is 3.49. The highest BCUT2D eigenvalue weighted by Gasteiger charge is 2.39. The Morgan fingerprint density at radius 3 is 2.40 bits per heavy atom. The third kappa shape index (κ3) is 8.77. The number of ether oxygens (including phenoxy) is 1. The molecule has 222 valence electrons. The number of rotatable bonds is 14. The Morgan fingerprint density at radius 1 is 1.07 bits per heavy atom. The fourth-order valence-electron chi connectivity index (χ4n) is 5.03. The van der Waals surface area contributed by atoms with Gasteiger partial charge in [0, 0.05) is 23.0 Å². The first-order valence-electron chi connectivity index (χ1n) is 15.2. The van der Waals surface area contributed by atoms with E-state index in [2.05, 4.69) is 65.1 Å². The second kappa shape index (κ2) is 14.3. The third-order valence-corrected chi connectivity index (χ3v) is 14.0. The number of thiophene rings is 1. The summed E-state index contributed by atoms with van der Waals surface area (Å²) in [6.45, 7) is 17.5. The molecule has 40 heavy (non-hydrogen) atoms. The molecule has 1 fully saturated rings. The number of hydrogen-bond donors (Lipinski definition) is 0. The van der Waals surface area contributed by atoms with Crippen LogP contribution in [0.15, 0.2) is 36.4 Å². The quantitative estimate of drug-likeness (QED) is 0.126. The van der Waals surface area contributed by atoms with Gasteiger partial charge in [0.25, 0.3) is 0 Å². The topological polar surface area (TPSA) is 55.8 Å². The largest absolute Gasteiger partial charge is 0.459 e. The molecular formula is C33H51NO4SSi. The lowest BCUT2D eigenvalue weighted by molar-refractivity contribution is -0.117. The van der Waals surface area contributed by atoms with Gasteiger partial charge in [-0.15, -0.1) is 11.3 Å². The number of carbonyl (C=O) groups is 2. The zero-order valence-electron chi connectivity index (χ0n) is 26.0. The third-order valence-electron chi connectivity index (χ3n) is 8.35. The highest BCUT2D eigenvalue weighted by Crippen LogP contribution is 2.41. The van der Waals surface area contributed by atoms with E-state index in [0.29, 0.717) is 11.3 Å². The highest BCUT2D eigenvalue weighted by atomic mass is 32.1. The van der Waals surface area contributed by atoms with Crippen LogP contribution < -0.4 is 4.90 Å². The van der Waals surface area contributed by atoms with Crippen molar-refractivity contribution >= 4 is 37.2 Å². The number of aryl methyl sites for hydroxylation is 1. The van der Waals surface area contributed by atoms with Crippen molar-refractivity contribution in [3.8, 4) is 0 Å². The predicted octanol–water partition coefficient (Wildman–Crippen LogP) is 9.47. The van der Waals surface area contributed by atoms with E-state index in [-0.39, 0.29) is 35.2 Å². The van der Waals surface area contributed by atoms with Crippen molar-refractivity contribution in [2.45, 2.75) is 136 Å². The van der Waals surface area contributed by atoms with E-state index in [1.807, 2.05) is 30.9 Å². The van der Waals surface area contributed by atoms with Crippen LogP contribution in [0.3, 0.4) is 0 Å². The number of anilines is 1. The van der Waals surface area contributed by atoms with Crippen LogP contribution in [0.5, 0.6) is 0 Å². The molecule has 7 heteroatoms. The molecule has 1 aliphatic rings. The number of esters is 1. The fourth-order valence-corrected chi connectivity index (χ4v) is 7.28. The first-order valence-corrected chi connectivity index (χ1v) is 18.9. The number of carbonyl (C=O) groups excluding carboxylic acids is 2. The molecule has 0 spiro atoms. The Labute approximate surface area is 247 Å².